The maximum atomic E-state index is 4.27. The van der Waals surface area contributed by atoms with Crippen molar-refractivity contribution < 1.29 is 0 Å². The van der Waals surface area contributed by atoms with E-state index in [4.69, 9.17) is 0 Å². The fourth-order valence-corrected chi connectivity index (χ4v) is 1.18. The first-order valence-electron chi connectivity index (χ1n) is 3.88. The number of anilines is 1. The Balaban J connectivity index is 2.60. The van der Waals surface area contributed by atoms with Crippen LogP contribution < -0.4 is 4.90 Å². The van der Waals surface area contributed by atoms with E-state index >= 15 is 0 Å². The van der Waals surface area contributed by atoms with Gasteiger partial charge in [-0.05, 0) is 12.1 Å². The average Bonchev–Trinajstić information content (AvgIpc) is 2.49. The fraction of sp³-hybridized carbons (Fsp3) is 0.222. The molecule has 2 rings (SSSR count). The summed E-state index contributed by atoms with van der Waals surface area (Å²) in [5.74, 6) is 0.988. The topological polar surface area (TPSA) is 31.9 Å². The van der Waals surface area contributed by atoms with Crippen molar-refractivity contribution in [3.8, 4) is 0 Å². The Morgan fingerprint density at radius 3 is 3.00 bits per heavy atom. The van der Waals surface area contributed by atoms with Crippen LogP contribution in [0.3, 0.4) is 0 Å². The van der Waals surface area contributed by atoms with E-state index < -0.39 is 0 Å². The number of pyridine rings is 1. The summed E-state index contributed by atoms with van der Waals surface area (Å²) in [6.07, 6.45) is 3.77. The van der Waals surface area contributed by atoms with Crippen LogP contribution in [0.2, 0.25) is 0 Å². The van der Waals surface area contributed by atoms with Crippen molar-refractivity contribution in [2.75, 3.05) is 19.0 Å². The molecule has 0 amide bonds. The summed E-state index contributed by atoms with van der Waals surface area (Å²) in [6, 6.07) is 4.11. The van der Waals surface area contributed by atoms with Gasteiger partial charge in [-0.15, -0.1) is 0 Å². The highest BCUT2D eigenvalue weighted by Gasteiger charge is 1.98. The number of H-pyrrole nitrogens is 1. The minimum Gasteiger partial charge on any atom is -0.363 e. The quantitative estimate of drug-likeness (QED) is 0.689. The molecule has 3 heteroatoms. The molecule has 0 bridgehead atoms. The van der Waals surface area contributed by atoms with Crippen molar-refractivity contribution in [2.24, 2.45) is 0 Å². The van der Waals surface area contributed by atoms with Gasteiger partial charge in [-0.3, -0.25) is 0 Å². The summed E-state index contributed by atoms with van der Waals surface area (Å²) in [7, 11) is 3.97. The first-order chi connectivity index (χ1) is 5.77. The number of nitrogens with one attached hydrogen (secondary N) is 1. The molecule has 0 aliphatic carbocycles. The lowest BCUT2D eigenvalue weighted by Gasteiger charge is -2.09. The molecular formula is C9H11N3. The molecule has 2 aromatic rings. The van der Waals surface area contributed by atoms with Gasteiger partial charge in [0.2, 0.25) is 0 Å². The highest BCUT2D eigenvalue weighted by Crippen LogP contribution is 2.15. The van der Waals surface area contributed by atoms with Crippen LogP contribution in [0.1, 0.15) is 0 Å². The van der Waals surface area contributed by atoms with E-state index in [0.29, 0.717) is 0 Å². The van der Waals surface area contributed by atoms with E-state index in [9.17, 15) is 0 Å². The van der Waals surface area contributed by atoms with Crippen molar-refractivity contribution >= 4 is 16.7 Å². The van der Waals surface area contributed by atoms with Gasteiger partial charge in [-0.25, -0.2) is 4.98 Å². The number of nitrogens with zero attached hydrogens (tertiary/aromatic N) is 2. The Kier molecular flexibility index (Phi) is 1.50. The second kappa shape index (κ2) is 2.52. The maximum Gasteiger partial charge on any atom is 0.128 e. The average molecular weight is 161 g/mol. The molecule has 2 aromatic heterocycles. The lowest BCUT2D eigenvalue weighted by molar-refractivity contribution is 1.07. The number of hydrogen-bond acceptors (Lipinski definition) is 2. The SMILES string of the molecule is CN(C)c1cc2cc[nH]c2cn1. The molecule has 62 valence electrons. The van der Waals surface area contributed by atoms with Gasteiger partial charge in [0.15, 0.2) is 0 Å². The molecule has 0 unspecified atom stereocenters. The third kappa shape index (κ3) is 1.03. The molecule has 1 N–H and O–H groups in total. The molecule has 3 nitrogen and oxygen atoms in total. The van der Waals surface area contributed by atoms with Gasteiger partial charge in [-0.2, -0.15) is 0 Å². The zero-order valence-electron chi connectivity index (χ0n) is 7.20. The van der Waals surface area contributed by atoms with Crippen molar-refractivity contribution in [2.45, 2.75) is 0 Å². The van der Waals surface area contributed by atoms with Crippen molar-refractivity contribution in [3.05, 3.63) is 24.5 Å². The molecule has 0 spiro atoms. The zero-order chi connectivity index (χ0) is 8.55. The minimum absolute atomic E-state index is 0.988. The molecule has 0 aliphatic rings. The van der Waals surface area contributed by atoms with Gasteiger partial charge in [-0.1, -0.05) is 0 Å². The van der Waals surface area contributed by atoms with Crippen LogP contribution in [0.15, 0.2) is 24.5 Å². The van der Waals surface area contributed by atoms with Gasteiger partial charge in [0, 0.05) is 25.7 Å². The summed E-state index contributed by atoms with van der Waals surface area (Å²) < 4.78 is 0. The fourth-order valence-electron chi connectivity index (χ4n) is 1.18. The Labute approximate surface area is 71.0 Å². The first-order valence-corrected chi connectivity index (χ1v) is 3.88. The minimum atomic E-state index is 0.988. The normalized spacial score (nSPS) is 10.5. The van der Waals surface area contributed by atoms with Gasteiger partial charge < -0.3 is 9.88 Å². The summed E-state index contributed by atoms with van der Waals surface area (Å²) in [4.78, 5) is 9.37. The molecular weight excluding hydrogens is 150 g/mol. The second-order valence-corrected chi connectivity index (χ2v) is 3.00. The molecule has 0 atom stereocenters. The van der Waals surface area contributed by atoms with Crippen LogP contribution in [0, 0.1) is 0 Å². The standard InChI is InChI=1S/C9H11N3/c1-12(2)9-5-7-3-4-10-8(7)6-11-9/h3-6,10H,1-2H3. The smallest absolute Gasteiger partial charge is 0.128 e. The third-order valence-electron chi connectivity index (χ3n) is 1.88. The maximum absolute atomic E-state index is 4.27. The largest absolute Gasteiger partial charge is 0.363 e. The van der Waals surface area contributed by atoms with Crippen LogP contribution in [-0.4, -0.2) is 24.1 Å². The molecule has 2 heterocycles. The molecule has 0 saturated carbocycles. The highest BCUT2D eigenvalue weighted by molar-refractivity contribution is 5.80. The van der Waals surface area contributed by atoms with Crippen LogP contribution in [0.5, 0.6) is 0 Å². The summed E-state index contributed by atoms with van der Waals surface area (Å²) in [6.45, 7) is 0. The van der Waals surface area contributed by atoms with E-state index in [1.54, 1.807) is 0 Å². The molecule has 0 fully saturated rings. The van der Waals surface area contributed by atoms with E-state index in [1.807, 2.05) is 37.5 Å². The van der Waals surface area contributed by atoms with Gasteiger partial charge in [0.25, 0.3) is 0 Å². The number of aromatic amines is 1. The molecule has 0 aromatic carbocycles. The predicted octanol–water partition coefficient (Wildman–Crippen LogP) is 1.63. The predicted molar refractivity (Wildman–Crippen MR) is 50.4 cm³/mol. The molecule has 0 radical (unpaired) electrons. The van der Waals surface area contributed by atoms with Crippen molar-refractivity contribution in [3.63, 3.8) is 0 Å². The highest BCUT2D eigenvalue weighted by atomic mass is 15.1. The van der Waals surface area contributed by atoms with Gasteiger partial charge >= 0.3 is 0 Å². The van der Waals surface area contributed by atoms with Crippen LogP contribution >= 0.6 is 0 Å². The summed E-state index contributed by atoms with van der Waals surface area (Å²) in [5.41, 5.74) is 1.08. The lowest BCUT2D eigenvalue weighted by atomic mass is 10.3. The van der Waals surface area contributed by atoms with Crippen LogP contribution in [-0.2, 0) is 0 Å². The Morgan fingerprint density at radius 2 is 2.25 bits per heavy atom. The van der Waals surface area contributed by atoms with E-state index in [0.717, 1.165) is 11.3 Å². The van der Waals surface area contributed by atoms with E-state index in [-0.39, 0.29) is 0 Å². The Bertz CT molecular complexity index is 389. The van der Waals surface area contributed by atoms with Crippen LogP contribution in [0.25, 0.3) is 10.9 Å². The second-order valence-electron chi connectivity index (χ2n) is 3.00. The number of rotatable bonds is 1. The number of aromatic nitrogens is 2. The van der Waals surface area contributed by atoms with Crippen molar-refractivity contribution in [1.82, 2.24) is 9.97 Å². The zero-order valence-corrected chi connectivity index (χ0v) is 7.20. The van der Waals surface area contributed by atoms with E-state index in [2.05, 4.69) is 16.0 Å². The first kappa shape index (κ1) is 7.16. The van der Waals surface area contributed by atoms with Crippen LogP contribution in [0.4, 0.5) is 5.82 Å². The van der Waals surface area contributed by atoms with Gasteiger partial charge in [0.1, 0.15) is 5.82 Å². The number of hydrogen-bond donors (Lipinski definition) is 1. The molecule has 0 aliphatic heterocycles. The van der Waals surface area contributed by atoms with Crippen molar-refractivity contribution in [1.29, 1.82) is 0 Å². The number of fused-ring (bicyclic) bond motifs is 1. The Morgan fingerprint density at radius 1 is 1.42 bits per heavy atom. The molecule has 12 heavy (non-hydrogen) atoms. The third-order valence-corrected chi connectivity index (χ3v) is 1.88. The van der Waals surface area contributed by atoms with Gasteiger partial charge in [0.05, 0.1) is 11.7 Å². The Hall–Kier alpha value is -1.51. The molecule has 0 saturated heterocycles. The van der Waals surface area contributed by atoms with E-state index in [1.165, 1.54) is 5.39 Å². The monoisotopic (exact) mass is 161 g/mol. The lowest BCUT2D eigenvalue weighted by Crippen LogP contribution is -2.09. The summed E-state index contributed by atoms with van der Waals surface area (Å²) >= 11 is 0. The summed E-state index contributed by atoms with van der Waals surface area (Å²) in [5, 5.41) is 1.20.